The molecule has 0 aliphatic carbocycles. The Labute approximate surface area is 111 Å². The molecule has 0 unspecified atom stereocenters. The molecule has 0 N–H and O–H groups in total. The van der Waals surface area contributed by atoms with Gasteiger partial charge < -0.3 is 0 Å². The summed E-state index contributed by atoms with van der Waals surface area (Å²) in [4.78, 5) is 11.7. The summed E-state index contributed by atoms with van der Waals surface area (Å²) in [6.07, 6.45) is 0.522. The number of thiophene rings is 1. The number of Topliss-reactive ketones (excluding diaryl/α,β-unsaturated/α-hetero) is 1. The highest BCUT2D eigenvalue weighted by molar-refractivity contribution is 9.10. The third-order valence-corrected chi connectivity index (χ3v) is 3.61. The van der Waals surface area contributed by atoms with Crippen molar-refractivity contribution < 1.29 is 9.18 Å². The summed E-state index contributed by atoms with van der Waals surface area (Å²) in [7, 11) is 0. The molecule has 1 nitrogen and oxygen atoms in total. The van der Waals surface area contributed by atoms with Crippen molar-refractivity contribution in [2.45, 2.75) is 12.8 Å². The zero-order valence-corrected chi connectivity index (χ0v) is 11.4. The van der Waals surface area contributed by atoms with Gasteiger partial charge in [-0.1, -0.05) is 22.0 Å². The fourth-order valence-corrected chi connectivity index (χ4v) is 2.56. The van der Waals surface area contributed by atoms with Crippen LogP contribution in [-0.4, -0.2) is 5.78 Å². The van der Waals surface area contributed by atoms with E-state index >= 15 is 0 Å². The zero-order chi connectivity index (χ0) is 12.3. The maximum absolute atomic E-state index is 13.5. The molecule has 2 aromatic rings. The minimum atomic E-state index is -0.335. The SMILES string of the molecule is O=C(Cc1ccsc1)Cc1ccc(Br)cc1F. The minimum Gasteiger partial charge on any atom is -0.299 e. The fraction of sp³-hybridized carbons (Fsp3) is 0.154. The van der Waals surface area contributed by atoms with Gasteiger partial charge in [-0.2, -0.15) is 11.3 Å². The topological polar surface area (TPSA) is 17.1 Å². The van der Waals surface area contributed by atoms with Crippen molar-refractivity contribution >= 4 is 33.0 Å². The largest absolute Gasteiger partial charge is 0.299 e. The van der Waals surface area contributed by atoms with E-state index in [0.29, 0.717) is 16.5 Å². The average molecular weight is 313 g/mol. The Hall–Kier alpha value is -1.00. The lowest BCUT2D eigenvalue weighted by Crippen LogP contribution is -2.07. The molecule has 88 valence electrons. The van der Waals surface area contributed by atoms with Gasteiger partial charge in [0.05, 0.1) is 0 Å². The molecule has 0 radical (unpaired) electrons. The van der Waals surface area contributed by atoms with E-state index < -0.39 is 0 Å². The zero-order valence-electron chi connectivity index (χ0n) is 8.95. The first kappa shape index (κ1) is 12.5. The molecule has 0 fully saturated rings. The van der Waals surface area contributed by atoms with Crippen LogP contribution in [0.25, 0.3) is 0 Å². The molecule has 0 spiro atoms. The molecule has 0 bridgehead atoms. The van der Waals surface area contributed by atoms with Crippen LogP contribution in [0.1, 0.15) is 11.1 Å². The van der Waals surface area contributed by atoms with Crippen molar-refractivity contribution in [3.05, 3.63) is 56.4 Å². The van der Waals surface area contributed by atoms with Gasteiger partial charge in [0.25, 0.3) is 0 Å². The Bertz CT molecular complexity index is 522. The van der Waals surface area contributed by atoms with E-state index in [4.69, 9.17) is 0 Å². The Morgan fingerprint density at radius 1 is 1.29 bits per heavy atom. The van der Waals surface area contributed by atoms with Gasteiger partial charge in [0.2, 0.25) is 0 Å². The Morgan fingerprint density at radius 2 is 2.12 bits per heavy atom. The highest BCUT2D eigenvalue weighted by Gasteiger charge is 2.09. The number of benzene rings is 1. The molecule has 4 heteroatoms. The van der Waals surface area contributed by atoms with E-state index in [2.05, 4.69) is 15.9 Å². The van der Waals surface area contributed by atoms with Crippen LogP contribution in [0.2, 0.25) is 0 Å². The summed E-state index contributed by atoms with van der Waals surface area (Å²) in [5.41, 5.74) is 1.45. The van der Waals surface area contributed by atoms with E-state index in [-0.39, 0.29) is 18.0 Å². The first-order valence-electron chi connectivity index (χ1n) is 5.12. The highest BCUT2D eigenvalue weighted by Crippen LogP contribution is 2.16. The number of ketones is 1. The van der Waals surface area contributed by atoms with Gasteiger partial charge in [0, 0.05) is 17.3 Å². The lowest BCUT2D eigenvalue weighted by Gasteiger charge is -2.02. The van der Waals surface area contributed by atoms with E-state index in [1.807, 2.05) is 16.8 Å². The molecular weight excluding hydrogens is 303 g/mol. The van der Waals surface area contributed by atoms with Crippen LogP contribution in [0.3, 0.4) is 0 Å². The van der Waals surface area contributed by atoms with Gasteiger partial charge in [-0.15, -0.1) is 0 Å². The standard InChI is InChI=1S/C13H10BrFOS/c14-11-2-1-10(13(15)7-11)6-12(16)5-9-3-4-17-8-9/h1-4,7-8H,5-6H2. The van der Waals surface area contributed by atoms with Crippen molar-refractivity contribution in [2.24, 2.45) is 0 Å². The molecule has 0 atom stereocenters. The van der Waals surface area contributed by atoms with Crippen molar-refractivity contribution in [3.63, 3.8) is 0 Å². The first-order valence-corrected chi connectivity index (χ1v) is 6.85. The summed E-state index contributed by atoms with van der Waals surface area (Å²) in [6.45, 7) is 0. The number of rotatable bonds is 4. The quantitative estimate of drug-likeness (QED) is 0.834. The molecule has 1 aromatic carbocycles. The third-order valence-electron chi connectivity index (χ3n) is 2.38. The second-order valence-corrected chi connectivity index (χ2v) is 5.46. The van der Waals surface area contributed by atoms with Crippen LogP contribution in [-0.2, 0) is 17.6 Å². The van der Waals surface area contributed by atoms with Crippen molar-refractivity contribution in [1.29, 1.82) is 0 Å². The summed E-state index contributed by atoms with van der Waals surface area (Å²) in [6, 6.07) is 6.69. The molecule has 17 heavy (non-hydrogen) atoms. The van der Waals surface area contributed by atoms with Crippen LogP contribution in [0, 0.1) is 5.82 Å². The van der Waals surface area contributed by atoms with Gasteiger partial charge in [-0.3, -0.25) is 4.79 Å². The number of hydrogen-bond acceptors (Lipinski definition) is 2. The lowest BCUT2D eigenvalue weighted by atomic mass is 10.0. The molecule has 1 heterocycles. The normalized spacial score (nSPS) is 10.5. The number of hydrogen-bond donors (Lipinski definition) is 0. The van der Waals surface area contributed by atoms with Gasteiger partial charge in [0.1, 0.15) is 11.6 Å². The smallest absolute Gasteiger partial charge is 0.141 e. The van der Waals surface area contributed by atoms with Gasteiger partial charge in [0.15, 0.2) is 0 Å². The van der Waals surface area contributed by atoms with Crippen molar-refractivity contribution in [1.82, 2.24) is 0 Å². The number of carbonyl (C=O) groups excluding carboxylic acids is 1. The summed E-state index contributed by atoms with van der Waals surface area (Å²) >= 11 is 4.75. The predicted octanol–water partition coefficient (Wildman–Crippen LogP) is 4.00. The van der Waals surface area contributed by atoms with E-state index in [1.165, 1.54) is 6.07 Å². The van der Waals surface area contributed by atoms with Crippen LogP contribution in [0.4, 0.5) is 4.39 Å². The van der Waals surface area contributed by atoms with Crippen LogP contribution >= 0.6 is 27.3 Å². The highest BCUT2D eigenvalue weighted by atomic mass is 79.9. The second-order valence-electron chi connectivity index (χ2n) is 3.76. The predicted molar refractivity (Wildman–Crippen MR) is 70.8 cm³/mol. The van der Waals surface area contributed by atoms with Crippen LogP contribution in [0.5, 0.6) is 0 Å². The monoisotopic (exact) mass is 312 g/mol. The third kappa shape index (κ3) is 3.48. The van der Waals surface area contributed by atoms with E-state index in [9.17, 15) is 9.18 Å². The Kier molecular flexibility index (Phi) is 4.07. The van der Waals surface area contributed by atoms with E-state index in [1.54, 1.807) is 23.5 Å². The van der Waals surface area contributed by atoms with Gasteiger partial charge in [-0.25, -0.2) is 4.39 Å². The van der Waals surface area contributed by atoms with Gasteiger partial charge in [-0.05, 0) is 40.1 Å². The Balaban J connectivity index is 2.03. The number of halogens is 2. The van der Waals surface area contributed by atoms with Crippen LogP contribution in [0.15, 0.2) is 39.5 Å². The molecular formula is C13H10BrFOS. The molecule has 0 saturated heterocycles. The minimum absolute atomic E-state index is 0.0321. The first-order chi connectivity index (χ1) is 8.15. The summed E-state index contributed by atoms with van der Waals surface area (Å²) < 4.78 is 14.2. The molecule has 2 rings (SSSR count). The van der Waals surface area contributed by atoms with Crippen molar-refractivity contribution in [2.75, 3.05) is 0 Å². The Morgan fingerprint density at radius 3 is 2.76 bits per heavy atom. The maximum atomic E-state index is 13.5. The van der Waals surface area contributed by atoms with Crippen LogP contribution < -0.4 is 0 Å². The fourth-order valence-electron chi connectivity index (χ4n) is 1.56. The molecule has 0 aliphatic rings. The molecule has 0 saturated carbocycles. The average Bonchev–Trinajstić information content (AvgIpc) is 2.75. The molecule has 0 amide bonds. The lowest BCUT2D eigenvalue weighted by molar-refractivity contribution is -0.117. The van der Waals surface area contributed by atoms with E-state index in [0.717, 1.165) is 5.56 Å². The summed E-state index contributed by atoms with van der Waals surface area (Å²) in [5.74, 6) is -0.303. The van der Waals surface area contributed by atoms with Gasteiger partial charge >= 0.3 is 0 Å². The number of carbonyl (C=O) groups is 1. The molecule has 0 aliphatic heterocycles. The maximum Gasteiger partial charge on any atom is 0.141 e. The second kappa shape index (κ2) is 5.56. The van der Waals surface area contributed by atoms with Crippen molar-refractivity contribution in [3.8, 4) is 0 Å². The molecule has 1 aromatic heterocycles. The summed E-state index contributed by atoms with van der Waals surface area (Å²) in [5, 5.41) is 3.87.